The van der Waals surface area contributed by atoms with E-state index >= 15 is 0 Å². The van der Waals surface area contributed by atoms with Crippen molar-refractivity contribution in [3.63, 3.8) is 0 Å². The summed E-state index contributed by atoms with van der Waals surface area (Å²) in [5.74, 6) is 1.45. The van der Waals surface area contributed by atoms with Gasteiger partial charge < -0.3 is 4.52 Å². The molecule has 1 aromatic heterocycles. The Hall–Kier alpha value is -0.130. The van der Waals surface area contributed by atoms with Crippen molar-refractivity contribution in [3.05, 3.63) is 11.7 Å². The lowest BCUT2D eigenvalue weighted by Gasteiger charge is -1.93. The van der Waals surface area contributed by atoms with Gasteiger partial charge in [0.05, 0.1) is 0 Å². The molecule has 0 fully saturated rings. The number of halogens is 1. The van der Waals surface area contributed by atoms with Crippen molar-refractivity contribution in [2.75, 3.05) is 0 Å². The highest BCUT2D eigenvalue weighted by atomic mass is 127. The fourth-order valence-corrected chi connectivity index (χ4v) is 1.04. The zero-order chi connectivity index (χ0) is 7.56. The lowest BCUT2D eigenvalue weighted by Crippen LogP contribution is -1.95. The number of rotatable bonds is 2. The molecule has 0 spiro atoms. The molecule has 3 nitrogen and oxygen atoms in total. The first kappa shape index (κ1) is 7.97. The van der Waals surface area contributed by atoms with E-state index in [-0.39, 0.29) is 0 Å². The molecule has 0 bridgehead atoms. The Kier molecular flexibility index (Phi) is 2.64. The summed E-state index contributed by atoms with van der Waals surface area (Å²) >= 11 is 2.33. The summed E-state index contributed by atoms with van der Waals surface area (Å²) in [5, 5.41) is 3.68. The van der Waals surface area contributed by atoms with E-state index in [4.69, 9.17) is 4.52 Å². The number of aryl methyl sites for hydroxylation is 1. The molecule has 1 rings (SSSR count). The fourth-order valence-electron chi connectivity index (χ4n) is 0.664. The highest BCUT2D eigenvalue weighted by molar-refractivity contribution is 14.1. The minimum Gasteiger partial charge on any atom is -0.339 e. The van der Waals surface area contributed by atoms with Gasteiger partial charge in [0.2, 0.25) is 5.89 Å². The summed E-state index contributed by atoms with van der Waals surface area (Å²) in [6.07, 6.45) is 0.862. The van der Waals surface area contributed by atoms with Crippen molar-refractivity contribution in [3.8, 4) is 0 Å². The fraction of sp³-hybridized carbons (Fsp3) is 0.667. The summed E-state index contributed by atoms with van der Waals surface area (Å²) < 4.78 is 5.46. The molecular weight excluding hydrogens is 243 g/mol. The number of alkyl halides is 1. The van der Waals surface area contributed by atoms with Crippen molar-refractivity contribution in [2.24, 2.45) is 0 Å². The number of hydrogen-bond acceptors (Lipinski definition) is 3. The third kappa shape index (κ3) is 2.24. The molecule has 0 amide bonds. The van der Waals surface area contributed by atoms with Gasteiger partial charge in [0, 0.05) is 10.3 Å². The van der Waals surface area contributed by atoms with Crippen molar-refractivity contribution in [2.45, 2.75) is 24.2 Å². The van der Waals surface area contributed by atoms with Crippen molar-refractivity contribution >= 4 is 22.6 Å². The van der Waals surface area contributed by atoms with Crippen molar-refractivity contribution in [1.29, 1.82) is 0 Å². The topological polar surface area (TPSA) is 38.9 Å². The Bertz CT molecular complexity index is 209. The monoisotopic (exact) mass is 252 g/mol. The molecule has 0 N–H and O–H groups in total. The summed E-state index contributed by atoms with van der Waals surface area (Å²) in [6, 6.07) is 0. The van der Waals surface area contributed by atoms with E-state index < -0.39 is 0 Å². The Balaban J connectivity index is 2.58. The van der Waals surface area contributed by atoms with Gasteiger partial charge >= 0.3 is 0 Å². The van der Waals surface area contributed by atoms with E-state index in [1.54, 1.807) is 0 Å². The van der Waals surface area contributed by atoms with Crippen LogP contribution in [0.5, 0.6) is 0 Å². The predicted molar refractivity (Wildman–Crippen MR) is 46.2 cm³/mol. The van der Waals surface area contributed by atoms with Gasteiger partial charge in [0.1, 0.15) is 0 Å². The van der Waals surface area contributed by atoms with Crippen LogP contribution in [-0.2, 0) is 6.42 Å². The van der Waals surface area contributed by atoms with E-state index in [0.717, 1.165) is 12.3 Å². The molecule has 1 unspecified atom stereocenters. The molecule has 1 aromatic rings. The Morgan fingerprint density at radius 1 is 1.70 bits per heavy atom. The van der Waals surface area contributed by atoms with E-state index in [9.17, 15) is 0 Å². The van der Waals surface area contributed by atoms with Crippen LogP contribution in [0.25, 0.3) is 0 Å². The molecule has 0 aliphatic carbocycles. The van der Waals surface area contributed by atoms with Crippen LogP contribution in [0.2, 0.25) is 0 Å². The van der Waals surface area contributed by atoms with Gasteiger partial charge in [-0.3, -0.25) is 0 Å². The van der Waals surface area contributed by atoms with Gasteiger partial charge in [0.25, 0.3) is 0 Å². The third-order valence-corrected chi connectivity index (χ3v) is 1.47. The van der Waals surface area contributed by atoms with Gasteiger partial charge in [-0.1, -0.05) is 34.7 Å². The number of hydrogen-bond donors (Lipinski definition) is 0. The van der Waals surface area contributed by atoms with Crippen molar-refractivity contribution < 1.29 is 4.52 Å². The normalized spacial score (nSPS) is 13.5. The number of aromatic nitrogens is 2. The van der Waals surface area contributed by atoms with Crippen LogP contribution in [0, 0.1) is 6.92 Å². The largest absolute Gasteiger partial charge is 0.339 e. The highest BCUT2D eigenvalue weighted by Gasteiger charge is 2.04. The molecule has 56 valence electrons. The minimum absolute atomic E-state index is 0.553. The maximum absolute atomic E-state index is 4.91. The maximum atomic E-state index is 4.91. The van der Waals surface area contributed by atoms with Crippen LogP contribution in [0.4, 0.5) is 0 Å². The minimum atomic E-state index is 0.553. The van der Waals surface area contributed by atoms with Crippen molar-refractivity contribution in [1.82, 2.24) is 10.1 Å². The summed E-state index contributed by atoms with van der Waals surface area (Å²) in [7, 11) is 0. The molecule has 0 aliphatic rings. The predicted octanol–water partition coefficient (Wildman–Crippen LogP) is 1.74. The SMILES string of the molecule is Cc1noc(CC(C)I)n1. The first-order chi connectivity index (χ1) is 4.68. The average molecular weight is 252 g/mol. The molecule has 1 atom stereocenters. The van der Waals surface area contributed by atoms with Gasteiger partial charge in [-0.2, -0.15) is 4.98 Å². The quantitative estimate of drug-likeness (QED) is 0.594. The molecule has 0 aliphatic heterocycles. The first-order valence-corrected chi connectivity index (χ1v) is 4.36. The van der Waals surface area contributed by atoms with Gasteiger partial charge in [-0.25, -0.2) is 0 Å². The molecule has 0 aromatic carbocycles. The summed E-state index contributed by atoms with van der Waals surface area (Å²) in [6.45, 7) is 3.94. The Morgan fingerprint density at radius 2 is 2.40 bits per heavy atom. The molecule has 10 heavy (non-hydrogen) atoms. The average Bonchev–Trinajstić information content (AvgIpc) is 2.13. The highest BCUT2D eigenvalue weighted by Crippen LogP contribution is 2.06. The molecule has 4 heteroatoms. The molecule has 0 saturated heterocycles. The van der Waals surface area contributed by atoms with Crippen LogP contribution in [-0.4, -0.2) is 14.1 Å². The van der Waals surface area contributed by atoms with Crippen LogP contribution in [0.1, 0.15) is 18.6 Å². The lowest BCUT2D eigenvalue weighted by molar-refractivity contribution is 0.375. The first-order valence-electron chi connectivity index (χ1n) is 3.11. The Labute approximate surface area is 73.3 Å². The van der Waals surface area contributed by atoms with Crippen LogP contribution >= 0.6 is 22.6 Å². The second-order valence-electron chi connectivity index (χ2n) is 2.22. The molecule has 0 radical (unpaired) electrons. The molecule has 0 saturated carbocycles. The van der Waals surface area contributed by atoms with Gasteiger partial charge in [-0.15, -0.1) is 0 Å². The van der Waals surface area contributed by atoms with Gasteiger partial charge in [0.15, 0.2) is 5.82 Å². The van der Waals surface area contributed by atoms with E-state index in [2.05, 4.69) is 39.7 Å². The second kappa shape index (κ2) is 3.32. The zero-order valence-electron chi connectivity index (χ0n) is 5.97. The molecular formula is C6H9IN2O. The Morgan fingerprint density at radius 3 is 2.80 bits per heavy atom. The van der Waals surface area contributed by atoms with Crippen LogP contribution < -0.4 is 0 Å². The smallest absolute Gasteiger partial charge is 0.227 e. The van der Waals surface area contributed by atoms with Gasteiger partial charge in [-0.05, 0) is 6.92 Å². The van der Waals surface area contributed by atoms with E-state index in [0.29, 0.717) is 9.75 Å². The number of nitrogens with zero attached hydrogens (tertiary/aromatic N) is 2. The van der Waals surface area contributed by atoms with Crippen LogP contribution in [0.15, 0.2) is 4.52 Å². The maximum Gasteiger partial charge on any atom is 0.227 e. The standard InChI is InChI=1S/C6H9IN2O/c1-4(7)3-6-8-5(2)9-10-6/h4H,3H2,1-2H3. The van der Waals surface area contributed by atoms with E-state index in [1.165, 1.54) is 0 Å². The third-order valence-electron chi connectivity index (χ3n) is 1.03. The zero-order valence-corrected chi connectivity index (χ0v) is 8.12. The van der Waals surface area contributed by atoms with E-state index in [1.807, 2.05) is 6.92 Å². The second-order valence-corrected chi connectivity index (χ2v) is 4.35. The summed E-state index contributed by atoms with van der Waals surface area (Å²) in [5.41, 5.74) is 0. The molecule has 1 heterocycles. The lowest BCUT2D eigenvalue weighted by atomic mass is 10.3. The summed E-state index contributed by atoms with van der Waals surface area (Å²) in [4.78, 5) is 4.07. The van der Waals surface area contributed by atoms with Crippen LogP contribution in [0.3, 0.4) is 0 Å².